The van der Waals surface area contributed by atoms with Gasteiger partial charge in [0, 0.05) is 6.08 Å². The van der Waals surface area contributed by atoms with Crippen molar-refractivity contribution in [3.63, 3.8) is 0 Å². The van der Waals surface area contributed by atoms with Crippen LogP contribution < -0.4 is 5.11 Å². The fourth-order valence-corrected chi connectivity index (χ4v) is 3.37. The predicted octanol–water partition coefficient (Wildman–Crippen LogP) is 2.04. The Morgan fingerprint density at radius 3 is 2.79 bits per heavy atom. The number of carboxylic acid groups (broad SMARTS) is 1. The minimum absolute atomic E-state index is 0.135. The van der Waals surface area contributed by atoms with Gasteiger partial charge < -0.3 is 14.3 Å². The van der Waals surface area contributed by atoms with Crippen LogP contribution in [0.2, 0.25) is 0 Å². The average Bonchev–Trinajstić information content (AvgIpc) is 3.08. The molecule has 122 valence electrons. The van der Waals surface area contributed by atoms with E-state index in [1.54, 1.807) is 30.3 Å². The monoisotopic (exact) mass is 362 g/mol. The highest BCUT2D eigenvalue weighted by molar-refractivity contribution is 8.26. The first-order valence-electron chi connectivity index (χ1n) is 6.75. The van der Waals surface area contributed by atoms with Gasteiger partial charge in [0.25, 0.3) is 5.91 Å². The smallest absolute Gasteiger partial charge is 0.266 e. The number of amides is 1. The van der Waals surface area contributed by atoms with Crippen LogP contribution in [0.15, 0.2) is 45.7 Å². The van der Waals surface area contributed by atoms with E-state index in [0.29, 0.717) is 17.1 Å². The Bertz CT molecular complexity index is 874. The summed E-state index contributed by atoms with van der Waals surface area (Å²) in [4.78, 5) is 24.0. The van der Waals surface area contributed by atoms with Gasteiger partial charge in [-0.05, 0) is 24.3 Å². The van der Waals surface area contributed by atoms with E-state index in [2.05, 4.69) is 0 Å². The summed E-state index contributed by atoms with van der Waals surface area (Å²) in [6.07, 6.45) is 1.44. The van der Waals surface area contributed by atoms with Crippen molar-refractivity contribution in [1.82, 2.24) is 4.90 Å². The predicted molar refractivity (Wildman–Crippen MR) is 89.0 cm³/mol. The quantitative estimate of drug-likeness (QED) is 0.612. The molecule has 1 saturated heterocycles. The minimum Gasteiger partial charge on any atom is -0.548 e. The molecule has 2 aromatic rings. The standard InChI is InChI=1S/C16H10FNO4S2/c17-11-4-2-1-3-10(11)12-6-5-9(22-12)7-13-15(21)18(8-14(19)20)16(23)24-13/h1-7H,8H2,(H,19,20)/p-1/b13-7+. The molecule has 1 aliphatic rings. The second-order valence-electron chi connectivity index (χ2n) is 4.82. The zero-order chi connectivity index (χ0) is 17.3. The Hall–Kier alpha value is -2.45. The number of hydrogen-bond acceptors (Lipinski definition) is 6. The third kappa shape index (κ3) is 3.24. The van der Waals surface area contributed by atoms with Crippen molar-refractivity contribution in [2.45, 2.75) is 0 Å². The molecule has 1 aromatic carbocycles. The normalized spacial score (nSPS) is 16.2. The molecule has 5 nitrogen and oxygen atoms in total. The first-order chi connectivity index (χ1) is 11.5. The van der Waals surface area contributed by atoms with Crippen LogP contribution in [-0.2, 0) is 9.59 Å². The lowest BCUT2D eigenvalue weighted by Gasteiger charge is -2.14. The Morgan fingerprint density at radius 2 is 2.08 bits per heavy atom. The number of nitrogens with zero attached hydrogens (tertiary/aromatic N) is 1. The highest BCUT2D eigenvalue weighted by Crippen LogP contribution is 2.33. The van der Waals surface area contributed by atoms with Crippen molar-refractivity contribution in [3.05, 3.63) is 52.9 Å². The molecule has 24 heavy (non-hydrogen) atoms. The summed E-state index contributed by atoms with van der Waals surface area (Å²) in [5, 5.41) is 10.7. The van der Waals surface area contributed by atoms with Gasteiger partial charge in [0.05, 0.1) is 23.0 Å². The van der Waals surface area contributed by atoms with Gasteiger partial charge in [0.15, 0.2) is 0 Å². The summed E-state index contributed by atoms with van der Waals surface area (Å²) in [6, 6.07) is 9.34. The summed E-state index contributed by atoms with van der Waals surface area (Å²) < 4.78 is 19.4. The SMILES string of the molecule is O=C([O-])CN1C(=O)/C(=C\c2ccc(-c3ccccc3F)o2)SC1=S. The molecule has 0 spiro atoms. The van der Waals surface area contributed by atoms with Gasteiger partial charge in [-0.25, -0.2) is 4.39 Å². The van der Waals surface area contributed by atoms with Crippen molar-refractivity contribution in [1.29, 1.82) is 0 Å². The van der Waals surface area contributed by atoms with E-state index in [0.717, 1.165) is 16.7 Å². The van der Waals surface area contributed by atoms with Crippen LogP contribution in [0.25, 0.3) is 17.4 Å². The molecule has 0 saturated carbocycles. The molecule has 0 N–H and O–H groups in total. The topological polar surface area (TPSA) is 73.6 Å². The largest absolute Gasteiger partial charge is 0.548 e. The number of thioether (sulfide) groups is 1. The number of carbonyl (C=O) groups excluding carboxylic acids is 2. The summed E-state index contributed by atoms with van der Waals surface area (Å²) in [5.74, 6) is -1.68. The van der Waals surface area contributed by atoms with Crippen molar-refractivity contribution < 1.29 is 23.5 Å². The van der Waals surface area contributed by atoms with E-state index >= 15 is 0 Å². The zero-order valence-corrected chi connectivity index (χ0v) is 13.7. The molecule has 2 heterocycles. The second-order valence-corrected chi connectivity index (χ2v) is 6.50. The summed E-state index contributed by atoms with van der Waals surface area (Å²) in [7, 11) is 0. The van der Waals surface area contributed by atoms with Crippen molar-refractivity contribution >= 4 is 46.3 Å². The fourth-order valence-electron chi connectivity index (χ4n) is 2.13. The van der Waals surface area contributed by atoms with E-state index in [1.807, 2.05) is 0 Å². The molecule has 0 bridgehead atoms. The average molecular weight is 362 g/mol. The van der Waals surface area contributed by atoms with Crippen molar-refractivity contribution in [3.8, 4) is 11.3 Å². The maximum Gasteiger partial charge on any atom is 0.266 e. The maximum atomic E-state index is 13.8. The number of furan rings is 1. The Balaban J connectivity index is 1.85. The van der Waals surface area contributed by atoms with Gasteiger partial charge >= 0.3 is 0 Å². The molecule has 8 heteroatoms. The van der Waals surface area contributed by atoms with Gasteiger partial charge in [-0.2, -0.15) is 0 Å². The number of carbonyl (C=O) groups is 2. The summed E-state index contributed by atoms with van der Waals surface area (Å²) in [6.45, 7) is -0.597. The lowest BCUT2D eigenvalue weighted by atomic mass is 10.1. The molecule has 1 aromatic heterocycles. The van der Waals surface area contributed by atoms with Gasteiger partial charge in [-0.1, -0.05) is 36.1 Å². The van der Waals surface area contributed by atoms with Gasteiger partial charge in [0.2, 0.25) is 0 Å². The number of carboxylic acids is 1. The fraction of sp³-hybridized carbons (Fsp3) is 0.0625. The number of halogens is 1. The zero-order valence-electron chi connectivity index (χ0n) is 12.0. The third-order valence-corrected chi connectivity index (χ3v) is 4.58. The molecular formula is C16H9FNO4S2-. The second kappa shape index (κ2) is 6.58. The number of thiocarbonyl (C=S) groups is 1. The summed E-state index contributed by atoms with van der Waals surface area (Å²) >= 11 is 5.95. The minimum atomic E-state index is -1.40. The first kappa shape index (κ1) is 16.4. The van der Waals surface area contributed by atoms with E-state index in [9.17, 15) is 19.1 Å². The number of rotatable bonds is 4. The molecule has 1 amide bonds. The lowest BCUT2D eigenvalue weighted by molar-refractivity contribution is -0.305. The van der Waals surface area contributed by atoms with Crippen LogP contribution in [0.3, 0.4) is 0 Å². The van der Waals surface area contributed by atoms with Gasteiger partial charge in [-0.15, -0.1) is 0 Å². The Morgan fingerprint density at radius 1 is 1.33 bits per heavy atom. The summed E-state index contributed by atoms with van der Waals surface area (Å²) in [5.41, 5.74) is 0.307. The third-order valence-electron chi connectivity index (χ3n) is 3.20. The maximum absolute atomic E-state index is 13.8. The number of aliphatic carboxylic acids is 1. The first-order valence-corrected chi connectivity index (χ1v) is 7.98. The van der Waals surface area contributed by atoms with Crippen LogP contribution in [-0.4, -0.2) is 27.6 Å². The van der Waals surface area contributed by atoms with Crippen LogP contribution in [0.1, 0.15) is 5.76 Å². The van der Waals surface area contributed by atoms with E-state index in [-0.39, 0.29) is 9.23 Å². The van der Waals surface area contributed by atoms with Gasteiger partial charge in [-0.3, -0.25) is 9.69 Å². The molecule has 1 fully saturated rings. The molecular weight excluding hydrogens is 353 g/mol. The van der Waals surface area contributed by atoms with Crippen LogP contribution in [0.5, 0.6) is 0 Å². The van der Waals surface area contributed by atoms with Crippen LogP contribution in [0.4, 0.5) is 4.39 Å². The van der Waals surface area contributed by atoms with Crippen LogP contribution >= 0.6 is 24.0 Å². The molecule has 0 radical (unpaired) electrons. The Kier molecular flexibility index (Phi) is 4.50. The number of hydrogen-bond donors (Lipinski definition) is 0. The number of benzene rings is 1. The van der Waals surface area contributed by atoms with E-state index in [1.165, 1.54) is 12.1 Å². The van der Waals surface area contributed by atoms with Crippen LogP contribution in [0, 0.1) is 5.82 Å². The van der Waals surface area contributed by atoms with E-state index < -0.39 is 24.2 Å². The van der Waals surface area contributed by atoms with Gasteiger partial charge in [0.1, 0.15) is 21.7 Å². The molecule has 3 rings (SSSR count). The molecule has 0 atom stereocenters. The lowest BCUT2D eigenvalue weighted by Crippen LogP contribution is -2.40. The highest BCUT2D eigenvalue weighted by Gasteiger charge is 2.32. The van der Waals surface area contributed by atoms with Crippen molar-refractivity contribution in [2.24, 2.45) is 0 Å². The molecule has 1 aliphatic heterocycles. The molecule has 0 aliphatic carbocycles. The van der Waals surface area contributed by atoms with E-state index in [4.69, 9.17) is 16.6 Å². The Labute approximate surface area is 145 Å². The van der Waals surface area contributed by atoms with Crippen molar-refractivity contribution in [2.75, 3.05) is 6.54 Å². The highest BCUT2D eigenvalue weighted by atomic mass is 32.2. The molecule has 0 unspecified atom stereocenters.